The minimum absolute atomic E-state index is 0. The highest BCUT2D eigenvalue weighted by atomic mass is 32.1. The predicted molar refractivity (Wildman–Crippen MR) is 118 cm³/mol. The number of carbonyl (C=O) groups is 1. The average molecular weight is 408 g/mol. The molecule has 0 aliphatic carbocycles. The lowest BCUT2D eigenvalue weighted by molar-refractivity contribution is 0.0628. The van der Waals surface area contributed by atoms with Crippen molar-refractivity contribution in [1.82, 2.24) is 15.1 Å². The molecule has 1 fully saturated rings. The Bertz CT molecular complexity index is 1020. The van der Waals surface area contributed by atoms with Gasteiger partial charge in [0.1, 0.15) is 5.75 Å². The zero-order valence-electron chi connectivity index (χ0n) is 16.4. The fraction of sp³-hybridized carbons (Fsp3) is 0.304. The number of fused-ring (bicyclic) bond motifs is 3. The fourth-order valence-corrected chi connectivity index (χ4v) is 4.69. The Morgan fingerprint density at radius 1 is 1.07 bits per heavy atom. The van der Waals surface area contributed by atoms with Gasteiger partial charge in [0.15, 0.2) is 0 Å². The molecule has 3 aromatic rings. The molecule has 0 spiro atoms. The molecule has 2 atom stereocenters. The number of H-pyrrole nitrogens is 1. The van der Waals surface area contributed by atoms with Gasteiger partial charge in [0.2, 0.25) is 0 Å². The predicted octanol–water partition coefficient (Wildman–Crippen LogP) is 5.01. The van der Waals surface area contributed by atoms with E-state index in [1.807, 2.05) is 24.4 Å². The number of aromatic nitrogens is 2. The normalized spacial score (nSPS) is 20.4. The number of aromatic amines is 1. The lowest BCUT2D eigenvalue weighted by Gasteiger charge is -2.32. The number of carbonyl (C=O) groups excluding carboxylic acids is 1. The summed E-state index contributed by atoms with van der Waals surface area (Å²) in [5.41, 5.74) is 5.17. The van der Waals surface area contributed by atoms with Crippen LogP contribution in [0.2, 0.25) is 0 Å². The van der Waals surface area contributed by atoms with Crippen LogP contribution in [0.25, 0.3) is 11.1 Å². The minimum Gasteiger partial charge on any atom is -0.497 e. The molecule has 6 heteroatoms. The zero-order valence-corrected chi connectivity index (χ0v) is 17.4. The number of amides is 1. The van der Waals surface area contributed by atoms with Gasteiger partial charge in [0.25, 0.3) is 5.91 Å². The first kappa shape index (κ1) is 19.6. The summed E-state index contributed by atoms with van der Waals surface area (Å²) < 4.78 is 5.42. The molecule has 2 aromatic carbocycles. The number of ether oxygens (including phenoxy) is 1. The summed E-state index contributed by atoms with van der Waals surface area (Å²) in [7, 11) is 1.68. The number of hydrogen-bond donors (Lipinski definition) is 1. The Morgan fingerprint density at radius 3 is 2.66 bits per heavy atom. The fourth-order valence-electron chi connectivity index (χ4n) is 4.69. The number of benzene rings is 2. The van der Waals surface area contributed by atoms with E-state index in [1.165, 1.54) is 0 Å². The third-order valence-electron chi connectivity index (χ3n) is 6.06. The Labute approximate surface area is 177 Å². The molecule has 150 valence electrons. The zero-order chi connectivity index (χ0) is 19.1. The lowest BCUT2D eigenvalue weighted by atomic mass is 9.97. The minimum atomic E-state index is 0. The molecular weight excluding hydrogens is 382 g/mol. The molecule has 0 saturated carbocycles. The Hall–Kier alpha value is -2.73. The molecule has 2 unspecified atom stereocenters. The van der Waals surface area contributed by atoms with E-state index in [1.54, 1.807) is 13.3 Å². The molecule has 1 saturated heterocycles. The molecule has 0 bridgehead atoms. The smallest absolute Gasteiger partial charge is 0.255 e. The summed E-state index contributed by atoms with van der Waals surface area (Å²) in [6.07, 6.45) is 7.92. The van der Waals surface area contributed by atoms with Crippen LogP contribution in [0.4, 0.5) is 0 Å². The van der Waals surface area contributed by atoms with Gasteiger partial charge in [0, 0.05) is 17.3 Å². The van der Waals surface area contributed by atoms with Crippen LogP contribution in [0, 0.1) is 0 Å². The summed E-state index contributed by atoms with van der Waals surface area (Å²) in [6.45, 7) is 0. The van der Waals surface area contributed by atoms with E-state index in [4.69, 9.17) is 4.74 Å². The van der Waals surface area contributed by atoms with E-state index >= 15 is 0 Å². The quantitative estimate of drug-likeness (QED) is 0.664. The van der Waals surface area contributed by atoms with Gasteiger partial charge < -0.3 is 9.64 Å². The van der Waals surface area contributed by atoms with E-state index < -0.39 is 0 Å². The number of methoxy groups -OCH3 is 1. The summed E-state index contributed by atoms with van der Waals surface area (Å²) in [6, 6.07) is 14.6. The molecule has 1 aromatic heterocycles. The molecule has 3 heterocycles. The van der Waals surface area contributed by atoms with E-state index in [9.17, 15) is 4.79 Å². The summed E-state index contributed by atoms with van der Waals surface area (Å²) in [5.74, 6) is 0.977. The van der Waals surface area contributed by atoms with Gasteiger partial charge in [-0.15, -0.1) is 0 Å². The second kappa shape index (κ2) is 7.95. The maximum absolute atomic E-state index is 13.5. The average Bonchev–Trinajstić information content (AvgIpc) is 3.29. The standard InChI is InChI=1S/C23H23N3O2.H2S/c1-28-18-6-4-5-16(11-18)21-7-2-3-8-22-19-10-9-15(17-13-24-25-14-17)12-20(19)23(27)26(21)22;/h4-6,9-14,21-22H,2-3,7-8H2,1H3,(H,24,25);1H2. The van der Waals surface area contributed by atoms with Crippen molar-refractivity contribution in [3.8, 4) is 16.9 Å². The van der Waals surface area contributed by atoms with Crippen LogP contribution in [0.3, 0.4) is 0 Å². The number of nitrogens with zero attached hydrogens (tertiary/aromatic N) is 2. The summed E-state index contributed by atoms with van der Waals surface area (Å²) >= 11 is 0. The van der Waals surface area contributed by atoms with Crippen molar-refractivity contribution >= 4 is 19.4 Å². The Kier molecular flexibility index (Phi) is 5.37. The van der Waals surface area contributed by atoms with Crippen LogP contribution in [0.1, 0.15) is 59.3 Å². The molecule has 2 aliphatic heterocycles. The molecule has 29 heavy (non-hydrogen) atoms. The summed E-state index contributed by atoms with van der Waals surface area (Å²) in [4.78, 5) is 15.6. The molecule has 0 radical (unpaired) electrons. The van der Waals surface area contributed by atoms with Crippen LogP contribution < -0.4 is 4.74 Å². The highest BCUT2D eigenvalue weighted by Crippen LogP contribution is 2.47. The third kappa shape index (κ3) is 3.31. The Morgan fingerprint density at radius 2 is 1.90 bits per heavy atom. The second-order valence-electron chi connectivity index (χ2n) is 7.59. The van der Waals surface area contributed by atoms with Crippen LogP contribution in [-0.2, 0) is 0 Å². The van der Waals surface area contributed by atoms with Crippen LogP contribution in [-0.4, -0.2) is 28.1 Å². The van der Waals surface area contributed by atoms with Crippen molar-refractivity contribution in [2.45, 2.75) is 37.8 Å². The maximum atomic E-state index is 13.5. The number of hydrogen-bond acceptors (Lipinski definition) is 3. The third-order valence-corrected chi connectivity index (χ3v) is 6.06. The monoisotopic (exact) mass is 407 g/mol. The van der Waals surface area contributed by atoms with Gasteiger partial charge in [-0.1, -0.05) is 37.1 Å². The molecule has 1 amide bonds. The number of rotatable bonds is 3. The van der Waals surface area contributed by atoms with Gasteiger partial charge in [0.05, 0.1) is 25.4 Å². The summed E-state index contributed by atoms with van der Waals surface area (Å²) in [5, 5.41) is 6.88. The van der Waals surface area contributed by atoms with Crippen LogP contribution in [0.15, 0.2) is 54.9 Å². The molecule has 2 aliphatic rings. The first-order valence-electron chi connectivity index (χ1n) is 9.86. The van der Waals surface area contributed by atoms with Gasteiger partial charge in [-0.3, -0.25) is 9.89 Å². The SMILES string of the molecule is COc1cccc(C2CCCCC3c4ccc(-c5cn[nH]c5)cc4C(=O)N23)c1.S. The van der Waals surface area contributed by atoms with Crippen molar-refractivity contribution in [3.05, 3.63) is 71.5 Å². The topological polar surface area (TPSA) is 58.2 Å². The van der Waals surface area contributed by atoms with Crippen LogP contribution in [0.5, 0.6) is 5.75 Å². The largest absolute Gasteiger partial charge is 0.497 e. The highest BCUT2D eigenvalue weighted by Gasteiger charge is 2.42. The highest BCUT2D eigenvalue weighted by molar-refractivity contribution is 7.59. The van der Waals surface area contributed by atoms with Gasteiger partial charge in [-0.2, -0.15) is 18.6 Å². The van der Waals surface area contributed by atoms with E-state index in [2.05, 4.69) is 39.4 Å². The van der Waals surface area contributed by atoms with E-state index in [0.29, 0.717) is 0 Å². The van der Waals surface area contributed by atoms with Gasteiger partial charge in [-0.05, 0) is 47.7 Å². The van der Waals surface area contributed by atoms with E-state index in [0.717, 1.165) is 59.3 Å². The van der Waals surface area contributed by atoms with Crippen molar-refractivity contribution in [1.29, 1.82) is 0 Å². The molecule has 5 nitrogen and oxygen atoms in total. The molecule has 5 rings (SSSR count). The first-order chi connectivity index (χ1) is 13.8. The second-order valence-corrected chi connectivity index (χ2v) is 7.59. The van der Waals surface area contributed by atoms with Crippen molar-refractivity contribution < 1.29 is 9.53 Å². The lowest BCUT2D eigenvalue weighted by Crippen LogP contribution is -2.31. The number of nitrogens with one attached hydrogen (secondary N) is 1. The van der Waals surface area contributed by atoms with E-state index in [-0.39, 0.29) is 31.5 Å². The van der Waals surface area contributed by atoms with Crippen molar-refractivity contribution in [3.63, 3.8) is 0 Å². The van der Waals surface area contributed by atoms with Gasteiger partial charge >= 0.3 is 0 Å². The van der Waals surface area contributed by atoms with Crippen molar-refractivity contribution in [2.75, 3.05) is 7.11 Å². The first-order valence-corrected chi connectivity index (χ1v) is 9.86. The van der Waals surface area contributed by atoms with Crippen molar-refractivity contribution in [2.24, 2.45) is 0 Å². The van der Waals surface area contributed by atoms with Gasteiger partial charge in [-0.25, -0.2) is 0 Å². The maximum Gasteiger partial charge on any atom is 0.255 e. The molecular formula is C23H25N3O2S. The molecule has 1 N–H and O–H groups in total. The Balaban J connectivity index is 0.00000205. The van der Waals surface area contributed by atoms with Crippen LogP contribution >= 0.6 is 13.5 Å².